The molecule has 0 spiro atoms. The topological polar surface area (TPSA) is 21.8 Å². The summed E-state index contributed by atoms with van der Waals surface area (Å²) in [6.45, 7) is 0.182. The average molecular weight is 329 g/mol. The first-order valence-corrected chi connectivity index (χ1v) is 5.92. The van der Waals surface area contributed by atoms with Gasteiger partial charge in [-0.15, -0.1) is 0 Å². The lowest BCUT2D eigenvalue weighted by atomic mass is 10.1. The van der Waals surface area contributed by atoms with Crippen molar-refractivity contribution in [2.45, 2.75) is 18.4 Å². The lowest BCUT2D eigenvalue weighted by Gasteiger charge is -2.21. The number of benzene rings is 1. The van der Waals surface area contributed by atoms with Crippen LogP contribution in [-0.4, -0.2) is 25.5 Å². The van der Waals surface area contributed by atoms with E-state index in [0.29, 0.717) is 11.1 Å². The van der Waals surface area contributed by atoms with Crippen molar-refractivity contribution in [3.05, 3.63) is 34.1 Å². The molecule has 1 aromatic carbocycles. The summed E-state index contributed by atoms with van der Waals surface area (Å²) in [4.78, 5) is 0. The van der Waals surface area contributed by atoms with Crippen LogP contribution in [0.4, 0.5) is 17.6 Å². The monoisotopic (exact) mass is 328 g/mol. The van der Waals surface area contributed by atoms with Gasteiger partial charge in [0, 0.05) is 10.0 Å². The van der Waals surface area contributed by atoms with E-state index in [9.17, 15) is 17.6 Å². The second kappa shape index (κ2) is 5.14. The summed E-state index contributed by atoms with van der Waals surface area (Å²) in [7, 11) is 0. The summed E-state index contributed by atoms with van der Waals surface area (Å²) in [5.74, 6) is -0.947. The largest absolute Gasteiger partial charge is 0.418 e. The van der Waals surface area contributed by atoms with Gasteiger partial charge in [0.1, 0.15) is 11.9 Å². The Morgan fingerprint density at radius 1 is 1.44 bits per heavy atom. The minimum atomic E-state index is -4.67. The fourth-order valence-corrected chi connectivity index (χ4v) is 1.82. The summed E-state index contributed by atoms with van der Waals surface area (Å²) in [6.07, 6.45) is -7.26. The number of hydrogen-bond donors (Lipinski definition) is 0. The van der Waals surface area contributed by atoms with Crippen molar-refractivity contribution in [3.8, 4) is 0 Å². The first kappa shape index (κ1) is 13.8. The van der Waals surface area contributed by atoms with Crippen molar-refractivity contribution in [2.75, 3.05) is 13.2 Å². The maximum Gasteiger partial charge on any atom is 0.418 e. The van der Waals surface area contributed by atoms with Crippen LogP contribution >= 0.6 is 15.9 Å². The molecule has 2 nitrogen and oxygen atoms in total. The molecule has 18 heavy (non-hydrogen) atoms. The van der Waals surface area contributed by atoms with Crippen LogP contribution in [0.2, 0.25) is 0 Å². The number of hydrogen-bond acceptors (Lipinski definition) is 2. The molecule has 1 aromatic rings. The SMILES string of the molecule is Fc1ccc(Br)cc1[C@@H](OC[C@@H]1CO1)C(F)(F)F. The molecule has 2 atom stereocenters. The van der Waals surface area contributed by atoms with E-state index >= 15 is 0 Å². The highest BCUT2D eigenvalue weighted by atomic mass is 79.9. The molecular weight excluding hydrogens is 320 g/mol. The van der Waals surface area contributed by atoms with E-state index in [-0.39, 0.29) is 12.7 Å². The Hall–Kier alpha value is -0.660. The maximum atomic E-state index is 13.5. The van der Waals surface area contributed by atoms with Crippen molar-refractivity contribution >= 4 is 15.9 Å². The lowest BCUT2D eigenvalue weighted by molar-refractivity contribution is -0.225. The predicted molar refractivity (Wildman–Crippen MR) is 58.6 cm³/mol. The number of rotatable bonds is 4. The Morgan fingerprint density at radius 2 is 2.11 bits per heavy atom. The molecule has 1 saturated heterocycles. The summed E-state index contributed by atoms with van der Waals surface area (Å²) in [5, 5.41) is 0. The Labute approximate surface area is 109 Å². The highest BCUT2D eigenvalue weighted by Crippen LogP contribution is 2.38. The molecule has 2 rings (SSSR count). The minimum absolute atomic E-state index is 0.198. The van der Waals surface area contributed by atoms with Crippen LogP contribution in [0.15, 0.2) is 22.7 Å². The van der Waals surface area contributed by atoms with Gasteiger partial charge < -0.3 is 9.47 Å². The van der Waals surface area contributed by atoms with Crippen LogP contribution in [0.25, 0.3) is 0 Å². The Bertz CT molecular complexity index is 432. The predicted octanol–water partition coefficient (Wildman–Crippen LogP) is 3.61. The molecule has 0 amide bonds. The van der Waals surface area contributed by atoms with Gasteiger partial charge in [0.15, 0.2) is 6.10 Å². The summed E-state index contributed by atoms with van der Waals surface area (Å²) < 4.78 is 61.8. The first-order valence-electron chi connectivity index (χ1n) is 5.13. The van der Waals surface area contributed by atoms with E-state index in [0.717, 1.165) is 12.1 Å². The molecule has 0 unspecified atom stereocenters. The van der Waals surface area contributed by atoms with Crippen LogP contribution < -0.4 is 0 Å². The molecular formula is C11H9BrF4O2. The van der Waals surface area contributed by atoms with E-state index < -0.39 is 23.7 Å². The number of halogens is 5. The molecule has 0 radical (unpaired) electrons. The molecule has 1 heterocycles. The fraction of sp³-hybridized carbons (Fsp3) is 0.455. The third-order valence-corrected chi connectivity index (χ3v) is 2.88. The average Bonchev–Trinajstić information content (AvgIpc) is 3.05. The van der Waals surface area contributed by atoms with E-state index in [2.05, 4.69) is 15.9 Å². The van der Waals surface area contributed by atoms with E-state index in [4.69, 9.17) is 9.47 Å². The summed E-state index contributed by atoms with van der Waals surface area (Å²) >= 11 is 3.01. The molecule has 0 N–H and O–H groups in total. The van der Waals surface area contributed by atoms with E-state index in [1.807, 2.05) is 0 Å². The lowest BCUT2D eigenvalue weighted by Crippen LogP contribution is -2.26. The molecule has 100 valence electrons. The molecule has 1 aliphatic heterocycles. The quantitative estimate of drug-likeness (QED) is 0.622. The molecule has 7 heteroatoms. The van der Waals surface area contributed by atoms with Crippen LogP contribution in [0.1, 0.15) is 11.7 Å². The van der Waals surface area contributed by atoms with Crippen molar-refractivity contribution in [1.82, 2.24) is 0 Å². The van der Waals surface area contributed by atoms with Gasteiger partial charge in [-0.25, -0.2) is 4.39 Å². The first-order chi connectivity index (χ1) is 8.38. The van der Waals surface area contributed by atoms with Crippen LogP contribution in [0, 0.1) is 5.82 Å². The van der Waals surface area contributed by atoms with Crippen molar-refractivity contribution in [2.24, 2.45) is 0 Å². The second-order valence-electron chi connectivity index (χ2n) is 3.88. The standard InChI is InChI=1S/C11H9BrF4O2/c12-6-1-2-9(13)8(3-6)10(11(14,15)16)18-5-7-4-17-7/h1-3,7,10H,4-5H2/t7-,10+/m0/s1. The van der Waals surface area contributed by atoms with E-state index in [1.165, 1.54) is 6.07 Å². The van der Waals surface area contributed by atoms with Gasteiger partial charge in [-0.1, -0.05) is 15.9 Å². The summed E-state index contributed by atoms with van der Waals surface area (Å²) in [5.41, 5.74) is -0.530. The molecule has 0 aliphatic carbocycles. The number of epoxide rings is 1. The zero-order valence-corrected chi connectivity index (χ0v) is 10.6. The van der Waals surface area contributed by atoms with Gasteiger partial charge in [0.2, 0.25) is 0 Å². The van der Waals surface area contributed by atoms with Crippen LogP contribution in [-0.2, 0) is 9.47 Å². The Morgan fingerprint density at radius 3 is 2.67 bits per heavy atom. The summed E-state index contributed by atoms with van der Waals surface area (Å²) in [6, 6.07) is 3.37. The number of ether oxygens (including phenoxy) is 2. The highest BCUT2D eigenvalue weighted by molar-refractivity contribution is 9.10. The van der Waals surface area contributed by atoms with Gasteiger partial charge in [-0.3, -0.25) is 0 Å². The third-order valence-electron chi connectivity index (χ3n) is 2.39. The maximum absolute atomic E-state index is 13.5. The van der Waals surface area contributed by atoms with Crippen molar-refractivity contribution in [1.29, 1.82) is 0 Å². The van der Waals surface area contributed by atoms with Gasteiger partial charge >= 0.3 is 6.18 Å². The zero-order chi connectivity index (χ0) is 13.3. The van der Waals surface area contributed by atoms with E-state index in [1.54, 1.807) is 0 Å². The third kappa shape index (κ3) is 3.43. The van der Waals surface area contributed by atoms with Gasteiger partial charge in [-0.2, -0.15) is 13.2 Å². The minimum Gasteiger partial charge on any atom is -0.371 e. The van der Waals surface area contributed by atoms with Gasteiger partial charge in [-0.05, 0) is 18.2 Å². The molecule has 1 aliphatic rings. The highest BCUT2D eigenvalue weighted by Gasteiger charge is 2.44. The van der Waals surface area contributed by atoms with Crippen LogP contribution in [0.5, 0.6) is 0 Å². The van der Waals surface area contributed by atoms with Crippen molar-refractivity contribution < 1.29 is 27.0 Å². The van der Waals surface area contributed by atoms with Gasteiger partial charge in [0.25, 0.3) is 0 Å². The van der Waals surface area contributed by atoms with Crippen LogP contribution in [0.3, 0.4) is 0 Å². The Kier molecular flexibility index (Phi) is 3.93. The second-order valence-corrected chi connectivity index (χ2v) is 4.79. The normalized spacial score (nSPS) is 20.8. The molecule has 0 saturated carbocycles. The van der Waals surface area contributed by atoms with Crippen molar-refractivity contribution in [3.63, 3.8) is 0 Å². The zero-order valence-electron chi connectivity index (χ0n) is 9.01. The number of alkyl halides is 3. The fourth-order valence-electron chi connectivity index (χ4n) is 1.44. The van der Waals surface area contributed by atoms with Gasteiger partial charge in [0.05, 0.1) is 13.2 Å². The molecule has 0 aromatic heterocycles. The Balaban J connectivity index is 2.23. The smallest absolute Gasteiger partial charge is 0.371 e. The molecule has 1 fully saturated rings. The molecule has 0 bridgehead atoms.